The summed E-state index contributed by atoms with van der Waals surface area (Å²) in [5.41, 5.74) is 10.8. The molecule has 0 saturated carbocycles. The third-order valence-corrected chi connectivity index (χ3v) is 5.69. The predicted molar refractivity (Wildman–Crippen MR) is 135 cm³/mol. The fourth-order valence-electron chi connectivity index (χ4n) is 3.82. The van der Waals surface area contributed by atoms with E-state index in [0.29, 0.717) is 24.4 Å². The highest BCUT2D eigenvalue weighted by Crippen LogP contribution is 2.23. The molecule has 0 bridgehead atoms. The maximum absolute atomic E-state index is 13.3. The van der Waals surface area contributed by atoms with E-state index in [1.54, 1.807) is 12.1 Å². The summed E-state index contributed by atoms with van der Waals surface area (Å²) in [6.45, 7) is 1.75. The lowest BCUT2D eigenvalue weighted by molar-refractivity contribution is -0.118. The van der Waals surface area contributed by atoms with Gasteiger partial charge < -0.3 is 25.8 Å². The SMILES string of the molecule is NCc1cccc(NC(=O)[C@@H](NC(=O)OCc2ccccc2)c2ccc(C3=CCCOC3)cc2)c1. The van der Waals surface area contributed by atoms with Gasteiger partial charge in [0, 0.05) is 12.2 Å². The molecule has 1 aliphatic rings. The van der Waals surface area contributed by atoms with Gasteiger partial charge in [-0.3, -0.25) is 4.79 Å². The Morgan fingerprint density at radius 3 is 2.46 bits per heavy atom. The van der Waals surface area contributed by atoms with Crippen molar-refractivity contribution in [3.8, 4) is 0 Å². The van der Waals surface area contributed by atoms with Crippen molar-refractivity contribution in [1.29, 1.82) is 0 Å². The minimum atomic E-state index is -0.953. The van der Waals surface area contributed by atoms with E-state index in [0.717, 1.165) is 35.3 Å². The van der Waals surface area contributed by atoms with Crippen LogP contribution in [0.25, 0.3) is 5.57 Å². The fourth-order valence-corrected chi connectivity index (χ4v) is 3.82. The molecule has 180 valence electrons. The predicted octanol–water partition coefficient (Wildman–Crippen LogP) is 4.56. The summed E-state index contributed by atoms with van der Waals surface area (Å²) >= 11 is 0. The first kappa shape index (κ1) is 24.2. The Morgan fingerprint density at radius 2 is 1.74 bits per heavy atom. The summed E-state index contributed by atoms with van der Waals surface area (Å²) in [4.78, 5) is 25.9. The Hall–Kier alpha value is -3.94. The van der Waals surface area contributed by atoms with Crippen molar-refractivity contribution >= 4 is 23.3 Å². The summed E-state index contributed by atoms with van der Waals surface area (Å²) in [7, 11) is 0. The van der Waals surface area contributed by atoms with E-state index in [2.05, 4.69) is 16.7 Å². The standard InChI is InChI=1S/C28H29N3O4/c29-17-21-8-4-10-25(16-21)30-27(32)26(31-28(33)35-18-20-6-2-1-3-7-20)23-13-11-22(12-14-23)24-9-5-15-34-19-24/h1-4,6-14,16,26H,5,15,17-19,29H2,(H,30,32)(H,31,33)/t26-/m0/s1. The molecule has 3 aromatic rings. The van der Waals surface area contributed by atoms with Gasteiger partial charge in [0.1, 0.15) is 12.6 Å². The van der Waals surface area contributed by atoms with Crippen molar-refractivity contribution in [2.24, 2.45) is 5.73 Å². The number of ether oxygens (including phenoxy) is 2. The molecular weight excluding hydrogens is 442 g/mol. The van der Waals surface area contributed by atoms with Crippen molar-refractivity contribution in [2.75, 3.05) is 18.5 Å². The summed E-state index contributed by atoms with van der Waals surface area (Å²) in [5.74, 6) is -0.385. The molecule has 2 amide bonds. The Kier molecular flexibility index (Phi) is 8.27. The largest absolute Gasteiger partial charge is 0.445 e. The van der Waals surface area contributed by atoms with Crippen LogP contribution in [-0.4, -0.2) is 25.2 Å². The molecule has 4 rings (SSSR count). The summed E-state index contributed by atoms with van der Waals surface area (Å²) in [5, 5.41) is 5.59. The number of nitrogens with two attached hydrogens (primary N) is 1. The monoisotopic (exact) mass is 471 g/mol. The maximum Gasteiger partial charge on any atom is 0.408 e. The molecule has 0 spiro atoms. The molecule has 0 radical (unpaired) electrons. The van der Waals surface area contributed by atoms with Crippen LogP contribution in [0.3, 0.4) is 0 Å². The van der Waals surface area contributed by atoms with Crippen molar-refractivity contribution < 1.29 is 19.1 Å². The molecule has 0 saturated heterocycles. The first-order valence-corrected chi connectivity index (χ1v) is 11.6. The van der Waals surface area contributed by atoms with Crippen LogP contribution in [0.5, 0.6) is 0 Å². The summed E-state index contributed by atoms with van der Waals surface area (Å²) < 4.78 is 10.9. The molecule has 35 heavy (non-hydrogen) atoms. The highest BCUT2D eigenvalue weighted by atomic mass is 16.5. The van der Waals surface area contributed by atoms with Crippen LogP contribution in [0, 0.1) is 0 Å². The van der Waals surface area contributed by atoms with Crippen molar-refractivity contribution in [1.82, 2.24) is 5.32 Å². The molecule has 7 heteroatoms. The topological polar surface area (TPSA) is 103 Å². The number of rotatable bonds is 8. The summed E-state index contributed by atoms with van der Waals surface area (Å²) in [6, 6.07) is 23.2. The second kappa shape index (κ2) is 12.0. The van der Waals surface area contributed by atoms with Gasteiger partial charge in [-0.15, -0.1) is 0 Å². The van der Waals surface area contributed by atoms with Crippen LogP contribution in [0.2, 0.25) is 0 Å². The molecule has 0 unspecified atom stereocenters. The van der Waals surface area contributed by atoms with Crippen molar-refractivity contribution in [3.05, 3.63) is 107 Å². The van der Waals surface area contributed by atoms with E-state index in [1.807, 2.05) is 66.7 Å². The van der Waals surface area contributed by atoms with Crippen LogP contribution in [0.1, 0.15) is 34.7 Å². The van der Waals surface area contributed by atoms with E-state index in [1.165, 1.54) is 0 Å². The van der Waals surface area contributed by atoms with E-state index in [4.69, 9.17) is 15.2 Å². The number of carbonyl (C=O) groups excluding carboxylic acids is 2. The second-order valence-electron chi connectivity index (χ2n) is 8.23. The molecule has 1 atom stereocenters. The number of benzene rings is 3. The van der Waals surface area contributed by atoms with Crippen molar-refractivity contribution in [2.45, 2.75) is 25.6 Å². The van der Waals surface area contributed by atoms with Gasteiger partial charge >= 0.3 is 6.09 Å². The second-order valence-corrected chi connectivity index (χ2v) is 8.23. The van der Waals surface area contributed by atoms with Gasteiger partial charge in [-0.1, -0.05) is 72.8 Å². The Labute approximate surface area is 204 Å². The smallest absolute Gasteiger partial charge is 0.408 e. The van der Waals surface area contributed by atoms with Gasteiger partial charge in [0.2, 0.25) is 0 Å². The molecule has 0 fully saturated rings. The quantitative estimate of drug-likeness (QED) is 0.447. The van der Waals surface area contributed by atoms with Crippen LogP contribution in [-0.2, 0) is 27.4 Å². The fraction of sp³-hybridized carbons (Fsp3) is 0.214. The first-order chi connectivity index (χ1) is 17.1. The van der Waals surface area contributed by atoms with Crippen LogP contribution < -0.4 is 16.4 Å². The molecule has 7 nitrogen and oxygen atoms in total. The van der Waals surface area contributed by atoms with Gasteiger partial charge in [-0.05, 0) is 46.4 Å². The molecule has 3 aromatic carbocycles. The molecule has 1 heterocycles. The Morgan fingerprint density at radius 1 is 0.971 bits per heavy atom. The number of carbonyl (C=O) groups is 2. The number of hydrogen-bond donors (Lipinski definition) is 3. The molecule has 0 aromatic heterocycles. The number of anilines is 1. The third-order valence-electron chi connectivity index (χ3n) is 5.69. The van der Waals surface area contributed by atoms with E-state index in [-0.39, 0.29) is 12.5 Å². The number of hydrogen-bond acceptors (Lipinski definition) is 5. The van der Waals surface area contributed by atoms with Gasteiger partial charge in [0.05, 0.1) is 13.2 Å². The highest BCUT2D eigenvalue weighted by Gasteiger charge is 2.24. The van der Waals surface area contributed by atoms with Crippen molar-refractivity contribution in [3.63, 3.8) is 0 Å². The minimum absolute atomic E-state index is 0.104. The Bertz CT molecular complexity index is 1180. The molecule has 4 N–H and O–H groups in total. The Balaban J connectivity index is 1.51. The van der Waals surface area contributed by atoms with Crippen LogP contribution in [0.15, 0.2) is 84.9 Å². The third kappa shape index (κ3) is 6.79. The zero-order valence-electron chi connectivity index (χ0n) is 19.4. The lowest BCUT2D eigenvalue weighted by Crippen LogP contribution is -2.37. The number of alkyl carbamates (subject to hydrolysis) is 1. The zero-order valence-corrected chi connectivity index (χ0v) is 19.4. The maximum atomic E-state index is 13.3. The first-order valence-electron chi connectivity index (χ1n) is 11.6. The lowest BCUT2D eigenvalue weighted by Gasteiger charge is -2.20. The summed E-state index contributed by atoms with van der Waals surface area (Å²) in [6.07, 6.45) is 2.35. The van der Waals surface area contributed by atoms with E-state index < -0.39 is 12.1 Å². The van der Waals surface area contributed by atoms with Crippen LogP contribution in [0.4, 0.5) is 10.5 Å². The van der Waals surface area contributed by atoms with E-state index >= 15 is 0 Å². The van der Waals surface area contributed by atoms with Gasteiger partial charge in [-0.2, -0.15) is 0 Å². The zero-order chi connectivity index (χ0) is 24.5. The van der Waals surface area contributed by atoms with Gasteiger partial charge in [0.15, 0.2) is 0 Å². The van der Waals surface area contributed by atoms with Crippen LogP contribution >= 0.6 is 0 Å². The average Bonchev–Trinajstić information content (AvgIpc) is 2.92. The molecule has 1 aliphatic heterocycles. The highest BCUT2D eigenvalue weighted by molar-refractivity contribution is 5.97. The minimum Gasteiger partial charge on any atom is -0.445 e. The van der Waals surface area contributed by atoms with Gasteiger partial charge in [-0.25, -0.2) is 4.79 Å². The number of nitrogens with one attached hydrogen (secondary N) is 2. The lowest BCUT2D eigenvalue weighted by atomic mass is 9.99. The average molecular weight is 472 g/mol. The normalized spacial score (nSPS) is 13.9. The molecule has 0 aliphatic carbocycles. The number of amides is 2. The van der Waals surface area contributed by atoms with Gasteiger partial charge in [0.25, 0.3) is 5.91 Å². The van der Waals surface area contributed by atoms with E-state index in [9.17, 15) is 9.59 Å². The molecular formula is C28H29N3O4.